The van der Waals surface area contributed by atoms with Crippen molar-refractivity contribution >= 4 is 0 Å². The van der Waals surface area contributed by atoms with Gasteiger partial charge >= 0.3 is 0 Å². The van der Waals surface area contributed by atoms with Crippen molar-refractivity contribution < 1.29 is 0 Å². The normalized spacial score (nSPS) is 16.0. The van der Waals surface area contributed by atoms with Crippen LogP contribution in [0.5, 0.6) is 0 Å². The minimum Gasteiger partial charge on any atom is -0.157 e. The lowest BCUT2D eigenvalue weighted by molar-refractivity contribution is 0.697. The van der Waals surface area contributed by atoms with E-state index in [1.807, 2.05) is 0 Å². The summed E-state index contributed by atoms with van der Waals surface area (Å²) >= 11 is 0. The van der Waals surface area contributed by atoms with E-state index in [1.54, 1.807) is 0 Å². The topological polar surface area (TPSA) is 86.2 Å². The fourth-order valence-corrected chi connectivity index (χ4v) is 0.136. The Kier molecular flexibility index (Phi) is 1.03. The molecule has 0 amide bonds. The van der Waals surface area contributed by atoms with Crippen LogP contribution in [0.15, 0.2) is 31.3 Å². The maximum Gasteiger partial charge on any atom is -0.0000703 e. The summed E-state index contributed by atoms with van der Waals surface area (Å²) < 4.78 is 0. The highest BCUT2D eigenvalue weighted by molar-refractivity contribution is 4.14. The Balaban J connectivity index is 2.60. The van der Waals surface area contributed by atoms with Gasteiger partial charge in [-0.1, -0.05) is 0 Å². The summed E-state index contributed by atoms with van der Waals surface area (Å²) in [5.41, 5.74) is 2.08. The standard InChI is InChI=1S/HN7/c1-2-4-6-7-5-3-1/h(H,1,2,3,4,5,6,7). The van der Waals surface area contributed by atoms with Crippen molar-refractivity contribution in [3.05, 3.63) is 0 Å². The molecule has 1 aliphatic heterocycles. The van der Waals surface area contributed by atoms with Crippen LogP contribution in [-0.2, 0) is 0 Å². The summed E-state index contributed by atoms with van der Waals surface area (Å²) in [6.07, 6.45) is 0. The molecule has 1 rings (SSSR count). The van der Waals surface area contributed by atoms with E-state index in [4.69, 9.17) is 0 Å². The lowest BCUT2D eigenvalue weighted by Crippen LogP contribution is -1.86. The molecule has 0 aromatic rings. The third-order valence-electron chi connectivity index (χ3n) is 0.299. The maximum absolute atomic E-state index is 3.12. The predicted octanol–water partition coefficient (Wildman–Crippen LogP) is 0.606. The molecule has 0 aliphatic carbocycles. The predicted molar refractivity (Wildman–Crippen MR) is 17.7 cm³/mol. The van der Waals surface area contributed by atoms with Gasteiger partial charge in [0.2, 0.25) is 0 Å². The molecule has 0 aromatic carbocycles. The largest absolute Gasteiger partial charge is 0.157 e. The van der Waals surface area contributed by atoms with Crippen molar-refractivity contribution in [1.82, 2.24) is 5.53 Å². The molecular formula is HN7. The minimum absolute atomic E-state index is 2.08. The fourth-order valence-electron chi connectivity index (χ4n) is 0.136. The Bertz CT molecular complexity index is 102. The van der Waals surface area contributed by atoms with Crippen LogP contribution in [0.1, 0.15) is 0 Å². The van der Waals surface area contributed by atoms with Gasteiger partial charge in [-0.05, 0) is 31.3 Å². The molecule has 1 aliphatic rings. The molecule has 7 heavy (non-hydrogen) atoms. The average Bonchev–Trinajstić information content (AvgIpc) is 1.90. The van der Waals surface area contributed by atoms with Crippen molar-refractivity contribution in [2.24, 2.45) is 31.3 Å². The molecule has 0 saturated heterocycles. The fraction of sp³-hybridized carbons (Fsp3) is 0. The van der Waals surface area contributed by atoms with Crippen molar-refractivity contribution in [2.75, 3.05) is 0 Å². The Labute approximate surface area is 38.1 Å². The Hall–Kier alpha value is -1.40. The van der Waals surface area contributed by atoms with Crippen LogP contribution in [0.25, 0.3) is 0 Å². The Morgan fingerprint density at radius 3 is 1.86 bits per heavy atom. The van der Waals surface area contributed by atoms with Gasteiger partial charge in [-0.15, -0.1) is 0 Å². The molecule has 0 spiro atoms. The third kappa shape index (κ3) is 0.992. The quantitative estimate of drug-likeness (QED) is 0.473. The van der Waals surface area contributed by atoms with Crippen molar-refractivity contribution in [3.63, 3.8) is 0 Å². The van der Waals surface area contributed by atoms with Crippen LogP contribution >= 0.6 is 0 Å². The molecule has 0 aromatic heterocycles. The van der Waals surface area contributed by atoms with Gasteiger partial charge in [0.1, 0.15) is 0 Å². The van der Waals surface area contributed by atoms with Gasteiger partial charge in [0, 0.05) is 0 Å². The molecule has 1 N–H and O–H groups in total. The zero-order chi connectivity index (χ0) is 4.95. The Morgan fingerprint density at radius 1 is 0.714 bits per heavy atom. The first-order chi connectivity index (χ1) is 3.50. The number of hydrogen-bond donors (Lipinski definition) is 1. The first-order valence-corrected chi connectivity index (χ1v) is 1.45. The van der Waals surface area contributed by atoms with Crippen molar-refractivity contribution in [3.8, 4) is 0 Å². The van der Waals surface area contributed by atoms with E-state index in [9.17, 15) is 0 Å². The van der Waals surface area contributed by atoms with Crippen LogP contribution in [0.3, 0.4) is 0 Å². The highest BCUT2D eigenvalue weighted by atomic mass is 15.8. The molecule has 7 heteroatoms. The zero-order valence-electron chi connectivity index (χ0n) is 3.18. The summed E-state index contributed by atoms with van der Waals surface area (Å²) in [7, 11) is 0. The van der Waals surface area contributed by atoms with Crippen LogP contribution in [-0.4, -0.2) is 0 Å². The Morgan fingerprint density at radius 2 is 1.29 bits per heavy atom. The van der Waals surface area contributed by atoms with Gasteiger partial charge in [-0.3, -0.25) is 0 Å². The molecule has 0 unspecified atom stereocenters. The molecule has 1 heterocycles. The summed E-state index contributed by atoms with van der Waals surface area (Å²) in [4.78, 5) is 0. The van der Waals surface area contributed by atoms with Crippen molar-refractivity contribution in [1.29, 1.82) is 0 Å². The van der Waals surface area contributed by atoms with E-state index < -0.39 is 0 Å². The summed E-state index contributed by atoms with van der Waals surface area (Å²) in [6, 6.07) is 0. The lowest BCUT2D eigenvalue weighted by Gasteiger charge is -1.71. The molecule has 0 radical (unpaired) electrons. The molecule has 7 nitrogen and oxygen atoms in total. The summed E-state index contributed by atoms with van der Waals surface area (Å²) in [5.74, 6) is 0. The van der Waals surface area contributed by atoms with Crippen LogP contribution < -0.4 is 5.53 Å². The van der Waals surface area contributed by atoms with Crippen LogP contribution in [0.4, 0.5) is 0 Å². The number of hydrogen-bond acceptors (Lipinski definition) is 7. The smallest absolute Gasteiger partial charge is 0.0000703 e. The van der Waals surface area contributed by atoms with Gasteiger partial charge in [0.15, 0.2) is 0 Å². The number of rotatable bonds is 0. The van der Waals surface area contributed by atoms with Gasteiger partial charge in [-0.25, -0.2) is 0 Å². The molecule has 0 atom stereocenters. The monoisotopic (exact) mass is 99.0 g/mol. The minimum atomic E-state index is 2.08. The van der Waals surface area contributed by atoms with E-state index >= 15 is 0 Å². The zero-order valence-corrected chi connectivity index (χ0v) is 3.18. The average molecular weight is 99.1 g/mol. The van der Waals surface area contributed by atoms with E-state index in [-0.39, 0.29) is 0 Å². The van der Waals surface area contributed by atoms with Gasteiger partial charge < -0.3 is 0 Å². The molecule has 0 fully saturated rings. The SMILES string of the molecule is N1=NN=NNN=N1. The van der Waals surface area contributed by atoms with Gasteiger partial charge in [-0.2, -0.15) is 5.53 Å². The lowest BCUT2D eigenvalue weighted by atomic mass is 12.4. The second-order valence-electron chi connectivity index (χ2n) is 0.658. The molecule has 0 bridgehead atoms. The number of nitrogens with zero attached hydrogens (tertiary/aromatic N) is 6. The first kappa shape index (κ1) is 3.78. The summed E-state index contributed by atoms with van der Waals surface area (Å²) in [6.45, 7) is 0. The van der Waals surface area contributed by atoms with Gasteiger partial charge in [0.25, 0.3) is 0 Å². The molecule has 36 valence electrons. The highest BCUT2D eigenvalue weighted by Crippen LogP contribution is 1.83. The molecular weight excluding hydrogens is 98.0 g/mol. The summed E-state index contributed by atoms with van der Waals surface area (Å²) in [5, 5.41) is 18.4. The van der Waals surface area contributed by atoms with E-state index in [0.717, 1.165) is 0 Å². The van der Waals surface area contributed by atoms with Crippen LogP contribution in [0.2, 0.25) is 0 Å². The first-order valence-electron chi connectivity index (χ1n) is 1.45. The van der Waals surface area contributed by atoms with Crippen molar-refractivity contribution in [2.45, 2.75) is 0 Å². The second kappa shape index (κ2) is 1.90. The van der Waals surface area contributed by atoms with Crippen LogP contribution in [0, 0.1) is 0 Å². The highest BCUT2D eigenvalue weighted by Gasteiger charge is 1.72. The van der Waals surface area contributed by atoms with Gasteiger partial charge in [0.05, 0.1) is 0 Å². The maximum atomic E-state index is 3.12. The number of nitrogens with one attached hydrogen (secondary N) is 1. The third-order valence-corrected chi connectivity index (χ3v) is 0.299. The molecule has 0 saturated carbocycles. The van der Waals surface area contributed by atoms with E-state index in [1.165, 1.54) is 0 Å². The van der Waals surface area contributed by atoms with E-state index in [2.05, 4.69) is 36.9 Å². The second-order valence-corrected chi connectivity index (χ2v) is 0.658. The van der Waals surface area contributed by atoms with E-state index in [0.29, 0.717) is 0 Å².